The first-order chi connectivity index (χ1) is 14.7. The van der Waals surface area contributed by atoms with Crippen molar-refractivity contribution in [2.45, 2.75) is 0 Å². The summed E-state index contributed by atoms with van der Waals surface area (Å²) in [5, 5.41) is 5.19. The molecule has 1 aliphatic heterocycles. The van der Waals surface area contributed by atoms with E-state index in [0.717, 1.165) is 49.0 Å². The van der Waals surface area contributed by atoms with Crippen LogP contribution in [0.4, 0.5) is 22.9 Å². The van der Waals surface area contributed by atoms with Crippen molar-refractivity contribution in [3.05, 3.63) is 78.1 Å². The van der Waals surface area contributed by atoms with Crippen molar-refractivity contribution in [2.75, 3.05) is 43.0 Å². The normalized spacial score (nSPS) is 14.9. The van der Waals surface area contributed by atoms with Crippen LogP contribution in [0.25, 0.3) is 5.65 Å². The molecule has 152 valence electrons. The summed E-state index contributed by atoms with van der Waals surface area (Å²) < 4.78 is 1.85. The molecule has 1 fully saturated rings. The minimum atomic E-state index is 0.693. The van der Waals surface area contributed by atoms with Crippen molar-refractivity contribution in [3.63, 3.8) is 0 Å². The van der Waals surface area contributed by atoms with Gasteiger partial charge in [0, 0.05) is 60.5 Å². The summed E-state index contributed by atoms with van der Waals surface area (Å²) in [6.07, 6.45) is 3.58. The van der Waals surface area contributed by atoms with Gasteiger partial charge < -0.3 is 9.80 Å². The summed E-state index contributed by atoms with van der Waals surface area (Å²) in [6.45, 7) is 4.19. The fourth-order valence-electron chi connectivity index (χ4n) is 3.91. The summed E-state index contributed by atoms with van der Waals surface area (Å²) in [5.74, 6) is 0.905. The van der Waals surface area contributed by atoms with Gasteiger partial charge in [0.05, 0.1) is 6.20 Å². The van der Waals surface area contributed by atoms with Crippen molar-refractivity contribution >= 4 is 40.1 Å². The van der Waals surface area contributed by atoms with Crippen molar-refractivity contribution in [2.24, 2.45) is 0 Å². The highest BCUT2D eigenvalue weighted by molar-refractivity contribution is 6.30. The number of hydrogen-bond acceptors (Lipinski definition) is 5. The molecule has 5 rings (SSSR count). The lowest BCUT2D eigenvalue weighted by Gasteiger charge is -2.35. The quantitative estimate of drug-likeness (QED) is 0.484. The molecule has 1 aliphatic rings. The third kappa shape index (κ3) is 3.60. The lowest BCUT2D eigenvalue weighted by atomic mass is 10.2. The Bertz CT molecular complexity index is 1170. The van der Waals surface area contributed by atoms with Crippen molar-refractivity contribution in [3.8, 4) is 0 Å². The average Bonchev–Trinajstić information content (AvgIpc) is 3.25. The Hall–Kier alpha value is -3.09. The van der Waals surface area contributed by atoms with Gasteiger partial charge in [-0.1, -0.05) is 23.7 Å². The molecule has 4 aromatic rings. The van der Waals surface area contributed by atoms with Crippen LogP contribution in [-0.2, 0) is 0 Å². The maximum Gasteiger partial charge on any atom is 0.157 e. The smallest absolute Gasteiger partial charge is 0.157 e. The first-order valence-corrected chi connectivity index (χ1v) is 10.4. The highest BCUT2D eigenvalue weighted by atomic mass is 35.5. The molecule has 3 heterocycles. The van der Waals surface area contributed by atoms with Crippen LogP contribution in [0.3, 0.4) is 0 Å². The van der Waals surface area contributed by atoms with Crippen molar-refractivity contribution in [1.29, 1.82) is 0 Å². The van der Waals surface area contributed by atoms with Gasteiger partial charge >= 0.3 is 0 Å². The molecule has 0 amide bonds. The minimum Gasteiger partial charge on any atom is -0.369 e. The number of rotatable bonds is 4. The summed E-state index contributed by atoms with van der Waals surface area (Å²) in [6, 6.07) is 20.4. The average molecular weight is 419 g/mol. The van der Waals surface area contributed by atoms with Gasteiger partial charge in [0.2, 0.25) is 0 Å². The molecule has 6 nitrogen and oxygen atoms in total. The van der Waals surface area contributed by atoms with E-state index < -0.39 is 0 Å². The molecule has 2 aromatic carbocycles. The topological polar surface area (TPSA) is 39.9 Å². The molecule has 0 aliphatic carbocycles. The van der Waals surface area contributed by atoms with Crippen LogP contribution >= 0.6 is 11.6 Å². The zero-order valence-electron chi connectivity index (χ0n) is 16.8. The van der Waals surface area contributed by atoms with Crippen LogP contribution in [0.5, 0.6) is 0 Å². The number of halogens is 1. The summed E-state index contributed by atoms with van der Waals surface area (Å²) in [5.41, 5.74) is 4.05. The molecule has 0 bridgehead atoms. The fraction of sp³-hybridized carbons (Fsp3) is 0.217. The van der Waals surface area contributed by atoms with E-state index in [-0.39, 0.29) is 0 Å². The summed E-state index contributed by atoms with van der Waals surface area (Å²) in [4.78, 5) is 11.4. The zero-order valence-corrected chi connectivity index (χ0v) is 17.6. The Morgan fingerprint density at radius 1 is 0.867 bits per heavy atom. The number of fused-ring (bicyclic) bond motifs is 1. The number of anilines is 4. The molecule has 0 unspecified atom stereocenters. The molecule has 2 aromatic heterocycles. The molecule has 7 heteroatoms. The van der Waals surface area contributed by atoms with Crippen molar-refractivity contribution < 1.29 is 0 Å². The Morgan fingerprint density at radius 2 is 1.63 bits per heavy atom. The van der Waals surface area contributed by atoms with Gasteiger partial charge in [0.15, 0.2) is 5.65 Å². The maximum absolute atomic E-state index is 6.35. The van der Waals surface area contributed by atoms with Crippen LogP contribution in [0.2, 0.25) is 5.02 Å². The third-order valence-corrected chi connectivity index (χ3v) is 5.76. The summed E-state index contributed by atoms with van der Waals surface area (Å²) >= 11 is 6.35. The van der Waals surface area contributed by atoms with Gasteiger partial charge in [-0.2, -0.15) is 9.61 Å². The number of hydrogen-bond donors (Lipinski definition) is 0. The highest BCUT2D eigenvalue weighted by Gasteiger charge is 2.19. The number of likely N-dealkylation sites (N-methyl/N-ethyl adjacent to an activating group) is 1. The van der Waals surface area contributed by atoms with Gasteiger partial charge in [-0.3, -0.25) is 4.90 Å². The van der Waals surface area contributed by atoms with Crippen LogP contribution < -0.4 is 9.80 Å². The second-order valence-corrected chi connectivity index (χ2v) is 7.97. The largest absolute Gasteiger partial charge is 0.369 e. The molecule has 1 saturated heterocycles. The standard InChI is InChI=1S/C23H23ClN6/c1-27-12-14-28(15-13-27)19-5-3-7-21(17-19)29(20-6-2-4-18(24)16-20)23-9-10-25-22-8-11-26-30(22)23/h2-11,16-17H,12-15H2,1H3. The second kappa shape index (κ2) is 7.97. The Labute approximate surface area is 180 Å². The first kappa shape index (κ1) is 18.9. The van der Waals surface area contributed by atoms with Gasteiger partial charge in [0.1, 0.15) is 5.82 Å². The molecule has 30 heavy (non-hydrogen) atoms. The number of nitrogens with zero attached hydrogens (tertiary/aromatic N) is 6. The second-order valence-electron chi connectivity index (χ2n) is 7.53. The van der Waals surface area contributed by atoms with Crippen LogP contribution in [0.15, 0.2) is 73.1 Å². The SMILES string of the molecule is CN1CCN(c2cccc(N(c3cccc(Cl)c3)c3ccnc4ccnn34)c2)CC1. The highest BCUT2D eigenvalue weighted by Crippen LogP contribution is 2.37. The molecule has 0 spiro atoms. The Balaban J connectivity index is 1.63. The Kier molecular flexibility index (Phi) is 5.02. The zero-order chi connectivity index (χ0) is 20.5. The monoisotopic (exact) mass is 418 g/mol. The molecule has 0 radical (unpaired) electrons. The van der Waals surface area contributed by atoms with E-state index in [0.29, 0.717) is 5.02 Å². The van der Waals surface area contributed by atoms with Gasteiger partial charge in [-0.15, -0.1) is 0 Å². The van der Waals surface area contributed by atoms with E-state index in [9.17, 15) is 0 Å². The number of piperazine rings is 1. The van der Waals surface area contributed by atoms with E-state index >= 15 is 0 Å². The van der Waals surface area contributed by atoms with Gasteiger partial charge in [0.25, 0.3) is 0 Å². The minimum absolute atomic E-state index is 0.693. The molecule has 0 atom stereocenters. The third-order valence-electron chi connectivity index (χ3n) is 5.52. The fourth-order valence-corrected chi connectivity index (χ4v) is 4.10. The number of aromatic nitrogens is 3. The van der Waals surface area contributed by atoms with Gasteiger partial charge in [-0.25, -0.2) is 4.98 Å². The lowest BCUT2D eigenvalue weighted by Crippen LogP contribution is -2.44. The van der Waals surface area contributed by atoms with E-state index in [4.69, 9.17) is 11.6 Å². The van der Waals surface area contributed by atoms with E-state index in [1.807, 2.05) is 41.0 Å². The van der Waals surface area contributed by atoms with E-state index in [1.54, 1.807) is 6.20 Å². The molecular formula is C23H23ClN6. The van der Waals surface area contributed by atoms with E-state index in [2.05, 4.69) is 62.2 Å². The predicted octanol–water partition coefficient (Wildman–Crippen LogP) is 4.60. The maximum atomic E-state index is 6.35. The molecular weight excluding hydrogens is 396 g/mol. The van der Waals surface area contributed by atoms with Crippen LogP contribution in [-0.4, -0.2) is 52.7 Å². The van der Waals surface area contributed by atoms with E-state index in [1.165, 1.54) is 5.69 Å². The molecule has 0 saturated carbocycles. The first-order valence-electron chi connectivity index (χ1n) is 10.1. The Morgan fingerprint density at radius 3 is 2.43 bits per heavy atom. The predicted molar refractivity (Wildman–Crippen MR) is 122 cm³/mol. The molecule has 0 N–H and O–H groups in total. The lowest BCUT2D eigenvalue weighted by molar-refractivity contribution is 0.313. The summed E-state index contributed by atoms with van der Waals surface area (Å²) in [7, 11) is 2.17. The number of benzene rings is 2. The van der Waals surface area contributed by atoms with Crippen LogP contribution in [0, 0.1) is 0 Å². The van der Waals surface area contributed by atoms with Crippen molar-refractivity contribution in [1.82, 2.24) is 19.5 Å². The van der Waals surface area contributed by atoms with Gasteiger partial charge in [-0.05, 0) is 49.5 Å². The van der Waals surface area contributed by atoms with Crippen LogP contribution in [0.1, 0.15) is 0 Å².